The molecular formula is C13H18N2S. The molecule has 86 valence electrons. The fourth-order valence-corrected chi connectivity index (χ4v) is 2.70. The summed E-state index contributed by atoms with van der Waals surface area (Å²) in [7, 11) is 2.01. The number of hydrogen-bond acceptors (Lipinski definition) is 2. The standard InChI is InChI=1S/C13H18N2S/c1-10(14-2)7-8-16-13-9-11-5-3-4-6-12(11)15-13/h3-6,9-10,14-15H,7-8H2,1-2H3. The van der Waals surface area contributed by atoms with Gasteiger partial charge in [-0.3, -0.25) is 0 Å². The second-order valence-corrected chi connectivity index (χ2v) is 5.18. The zero-order valence-corrected chi connectivity index (χ0v) is 10.6. The maximum absolute atomic E-state index is 3.43. The first-order valence-electron chi connectivity index (χ1n) is 5.67. The zero-order chi connectivity index (χ0) is 11.4. The Morgan fingerprint density at radius 2 is 2.19 bits per heavy atom. The van der Waals surface area contributed by atoms with Crippen molar-refractivity contribution in [2.24, 2.45) is 0 Å². The van der Waals surface area contributed by atoms with Crippen LogP contribution in [0, 0.1) is 0 Å². The van der Waals surface area contributed by atoms with Crippen LogP contribution in [0.2, 0.25) is 0 Å². The van der Waals surface area contributed by atoms with Crippen LogP contribution in [0.3, 0.4) is 0 Å². The Morgan fingerprint density at radius 3 is 2.94 bits per heavy atom. The highest BCUT2D eigenvalue weighted by atomic mass is 32.2. The molecule has 1 unspecified atom stereocenters. The molecule has 0 amide bonds. The lowest BCUT2D eigenvalue weighted by atomic mass is 10.3. The van der Waals surface area contributed by atoms with Crippen LogP contribution >= 0.6 is 11.8 Å². The van der Waals surface area contributed by atoms with Crippen molar-refractivity contribution in [1.29, 1.82) is 0 Å². The van der Waals surface area contributed by atoms with E-state index in [1.54, 1.807) is 0 Å². The molecule has 0 bridgehead atoms. The maximum atomic E-state index is 3.43. The Hall–Kier alpha value is -0.930. The van der Waals surface area contributed by atoms with E-state index in [9.17, 15) is 0 Å². The predicted molar refractivity (Wildman–Crippen MR) is 72.2 cm³/mol. The van der Waals surface area contributed by atoms with Crippen molar-refractivity contribution in [1.82, 2.24) is 10.3 Å². The number of fused-ring (bicyclic) bond motifs is 1. The number of para-hydroxylation sites is 1. The summed E-state index contributed by atoms with van der Waals surface area (Å²) in [5, 5.41) is 5.82. The van der Waals surface area contributed by atoms with Gasteiger partial charge in [-0.25, -0.2) is 0 Å². The molecule has 2 rings (SSSR count). The Labute approximate surface area is 101 Å². The third-order valence-corrected chi connectivity index (χ3v) is 3.78. The average Bonchev–Trinajstić information content (AvgIpc) is 2.71. The minimum Gasteiger partial charge on any atom is -0.350 e. The van der Waals surface area contributed by atoms with E-state index in [0.717, 1.165) is 5.75 Å². The van der Waals surface area contributed by atoms with Gasteiger partial charge in [-0.2, -0.15) is 0 Å². The molecule has 2 N–H and O–H groups in total. The highest BCUT2D eigenvalue weighted by Gasteiger charge is 2.02. The van der Waals surface area contributed by atoms with E-state index in [0.29, 0.717) is 6.04 Å². The molecule has 0 spiro atoms. The van der Waals surface area contributed by atoms with Gasteiger partial charge < -0.3 is 10.3 Å². The molecule has 0 aliphatic rings. The van der Waals surface area contributed by atoms with E-state index in [-0.39, 0.29) is 0 Å². The summed E-state index contributed by atoms with van der Waals surface area (Å²) >= 11 is 1.89. The average molecular weight is 234 g/mol. The normalized spacial score (nSPS) is 13.1. The summed E-state index contributed by atoms with van der Waals surface area (Å²) in [5.74, 6) is 1.15. The Balaban J connectivity index is 1.94. The van der Waals surface area contributed by atoms with Crippen LogP contribution in [-0.4, -0.2) is 23.8 Å². The quantitative estimate of drug-likeness (QED) is 0.777. The first kappa shape index (κ1) is 11.6. The molecule has 0 aliphatic carbocycles. The molecule has 0 fully saturated rings. The molecule has 2 aromatic rings. The summed E-state index contributed by atoms with van der Waals surface area (Å²) in [6.07, 6.45) is 1.19. The lowest BCUT2D eigenvalue weighted by Gasteiger charge is -2.07. The number of nitrogens with one attached hydrogen (secondary N) is 2. The van der Waals surface area contributed by atoms with Gasteiger partial charge in [-0.05, 0) is 32.5 Å². The lowest BCUT2D eigenvalue weighted by molar-refractivity contribution is 0.597. The number of aromatic nitrogens is 1. The van der Waals surface area contributed by atoms with Crippen molar-refractivity contribution in [2.75, 3.05) is 12.8 Å². The van der Waals surface area contributed by atoms with Gasteiger partial charge >= 0.3 is 0 Å². The Bertz CT molecular complexity index is 417. The Kier molecular flexibility index (Phi) is 3.91. The van der Waals surface area contributed by atoms with Crippen LogP contribution in [0.4, 0.5) is 0 Å². The lowest BCUT2D eigenvalue weighted by Crippen LogP contribution is -2.21. The highest BCUT2D eigenvalue weighted by molar-refractivity contribution is 7.99. The zero-order valence-electron chi connectivity index (χ0n) is 9.79. The summed E-state index contributed by atoms with van der Waals surface area (Å²) in [6.45, 7) is 2.21. The van der Waals surface area contributed by atoms with Gasteiger partial charge in [0.15, 0.2) is 0 Å². The van der Waals surface area contributed by atoms with Gasteiger partial charge in [-0.1, -0.05) is 18.2 Å². The maximum Gasteiger partial charge on any atom is 0.0732 e. The molecule has 1 aromatic heterocycles. The number of aromatic amines is 1. The third-order valence-electron chi connectivity index (χ3n) is 2.81. The van der Waals surface area contributed by atoms with Gasteiger partial charge in [-0.15, -0.1) is 11.8 Å². The molecular weight excluding hydrogens is 216 g/mol. The van der Waals surface area contributed by atoms with Crippen LogP contribution in [-0.2, 0) is 0 Å². The molecule has 2 nitrogen and oxygen atoms in total. The second-order valence-electron chi connectivity index (χ2n) is 4.05. The monoisotopic (exact) mass is 234 g/mol. The van der Waals surface area contributed by atoms with Gasteiger partial charge in [0, 0.05) is 22.7 Å². The van der Waals surface area contributed by atoms with Crippen LogP contribution in [0.1, 0.15) is 13.3 Å². The molecule has 1 aromatic carbocycles. The smallest absolute Gasteiger partial charge is 0.0732 e. The van der Waals surface area contributed by atoms with Crippen molar-refractivity contribution in [3.8, 4) is 0 Å². The van der Waals surface area contributed by atoms with Crippen LogP contribution in [0.15, 0.2) is 35.4 Å². The van der Waals surface area contributed by atoms with Crippen LogP contribution in [0.5, 0.6) is 0 Å². The number of thioether (sulfide) groups is 1. The van der Waals surface area contributed by atoms with E-state index in [4.69, 9.17) is 0 Å². The number of H-pyrrole nitrogens is 1. The minimum absolute atomic E-state index is 0.594. The van der Waals surface area contributed by atoms with E-state index < -0.39 is 0 Å². The molecule has 3 heteroatoms. The number of benzene rings is 1. The van der Waals surface area contributed by atoms with Crippen molar-refractivity contribution >= 4 is 22.7 Å². The molecule has 0 saturated heterocycles. The fraction of sp³-hybridized carbons (Fsp3) is 0.385. The van der Waals surface area contributed by atoms with Crippen molar-refractivity contribution in [2.45, 2.75) is 24.4 Å². The summed E-state index contributed by atoms with van der Waals surface area (Å²) < 4.78 is 0. The van der Waals surface area contributed by atoms with Crippen molar-refractivity contribution in [3.63, 3.8) is 0 Å². The van der Waals surface area contributed by atoms with E-state index in [1.807, 2.05) is 18.8 Å². The van der Waals surface area contributed by atoms with E-state index >= 15 is 0 Å². The van der Waals surface area contributed by atoms with Gasteiger partial charge in [0.1, 0.15) is 0 Å². The highest BCUT2D eigenvalue weighted by Crippen LogP contribution is 2.23. The third kappa shape index (κ3) is 2.80. The topological polar surface area (TPSA) is 27.8 Å². The van der Waals surface area contributed by atoms with E-state index in [1.165, 1.54) is 22.3 Å². The summed E-state index contributed by atoms with van der Waals surface area (Å²) in [6, 6.07) is 11.2. The van der Waals surface area contributed by atoms with Crippen molar-refractivity contribution < 1.29 is 0 Å². The second kappa shape index (κ2) is 5.41. The van der Waals surface area contributed by atoms with Gasteiger partial charge in [0.2, 0.25) is 0 Å². The fourth-order valence-electron chi connectivity index (χ4n) is 1.61. The largest absolute Gasteiger partial charge is 0.350 e. The molecule has 16 heavy (non-hydrogen) atoms. The van der Waals surface area contributed by atoms with Crippen LogP contribution in [0.25, 0.3) is 10.9 Å². The van der Waals surface area contributed by atoms with Crippen molar-refractivity contribution in [3.05, 3.63) is 30.3 Å². The minimum atomic E-state index is 0.594. The van der Waals surface area contributed by atoms with Gasteiger partial charge in [0.25, 0.3) is 0 Å². The Morgan fingerprint density at radius 1 is 1.38 bits per heavy atom. The van der Waals surface area contributed by atoms with Crippen LogP contribution < -0.4 is 5.32 Å². The predicted octanol–water partition coefficient (Wildman–Crippen LogP) is 3.26. The first-order valence-corrected chi connectivity index (χ1v) is 6.66. The molecule has 0 saturated carbocycles. The molecule has 0 aliphatic heterocycles. The summed E-state index contributed by atoms with van der Waals surface area (Å²) in [4.78, 5) is 3.43. The molecule has 1 atom stereocenters. The number of rotatable bonds is 5. The SMILES string of the molecule is CNC(C)CCSc1cc2ccccc2[nH]1. The summed E-state index contributed by atoms with van der Waals surface area (Å²) in [5.41, 5.74) is 1.23. The number of hydrogen-bond donors (Lipinski definition) is 2. The van der Waals surface area contributed by atoms with Gasteiger partial charge in [0.05, 0.1) is 5.03 Å². The molecule has 1 heterocycles. The van der Waals surface area contributed by atoms with E-state index in [2.05, 4.69) is 47.6 Å². The molecule has 0 radical (unpaired) electrons. The first-order chi connectivity index (χ1) is 7.79.